The third kappa shape index (κ3) is 4.83. The third-order valence-electron chi connectivity index (χ3n) is 3.85. The number of para-hydroxylation sites is 1. The summed E-state index contributed by atoms with van der Waals surface area (Å²) in [4.78, 5) is 24.1. The summed E-state index contributed by atoms with van der Waals surface area (Å²) in [5.41, 5.74) is 1.75. The van der Waals surface area contributed by atoms with Crippen LogP contribution in [-0.2, 0) is 6.54 Å². The number of rotatable bonds is 6. The zero-order chi connectivity index (χ0) is 19.9. The highest BCUT2D eigenvalue weighted by Crippen LogP contribution is 2.26. The van der Waals surface area contributed by atoms with Gasteiger partial charge >= 0.3 is 6.03 Å². The van der Waals surface area contributed by atoms with Gasteiger partial charge in [0, 0.05) is 17.8 Å². The lowest BCUT2D eigenvalue weighted by Gasteiger charge is -2.12. The van der Waals surface area contributed by atoms with Crippen LogP contribution < -0.4 is 20.7 Å². The number of carbonyl (C=O) groups excluding carboxylic acids is 2. The molecule has 8 heteroatoms. The molecular formula is C20H18ClN3O4. The molecule has 3 aromatic rings. The van der Waals surface area contributed by atoms with Gasteiger partial charge in [-0.25, -0.2) is 4.79 Å². The van der Waals surface area contributed by atoms with Crippen LogP contribution in [0.25, 0.3) is 0 Å². The summed E-state index contributed by atoms with van der Waals surface area (Å²) < 4.78 is 10.3. The lowest BCUT2D eigenvalue weighted by atomic mass is 10.2. The Morgan fingerprint density at radius 3 is 2.61 bits per heavy atom. The van der Waals surface area contributed by atoms with Crippen LogP contribution >= 0.6 is 11.6 Å². The molecule has 2 aromatic carbocycles. The van der Waals surface area contributed by atoms with Crippen molar-refractivity contribution in [3.63, 3.8) is 0 Å². The molecule has 0 bridgehead atoms. The molecule has 0 spiro atoms. The van der Waals surface area contributed by atoms with Crippen molar-refractivity contribution >= 4 is 34.9 Å². The fourth-order valence-corrected chi connectivity index (χ4v) is 2.71. The molecule has 7 nitrogen and oxygen atoms in total. The zero-order valence-corrected chi connectivity index (χ0v) is 15.7. The number of amides is 3. The van der Waals surface area contributed by atoms with Gasteiger partial charge in [0.15, 0.2) is 5.76 Å². The summed E-state index contributed by atoms with van der Waals surface area (Å²) in [6.07, 6.45) is 1.41. The Bertz CT molecular complexity index is 973. The lowest BCUT2D eigenvalue weighted by molar-refractivity contribution is 0.0996. The van der Waals surface area contributed by atoms with Crippen LogP contribution in [0.15, 0.2) is 65.3 Å². The van der Waals surface area contributed by atoms with Crippen LogP contribution in [0.4, 0.5) is 16.2 Å². The van der Waals surface area contributed by atoms with E-state index in [9.17, 15) is 9.59 Å². The number of nitrogens with one attached hydrogen (secondary N) is 3. The van der Waals surface area contributed by atoms with Crippen molar-refractivity contribution in [1.29, 1.82) is 0 Å². The second-order valence-corrected chi connectivity index (χ2v) is 6.15. The predicted molar refractivity (Wildman–Crippen MR) is 107 cm³/mol. The molecule has 0 aliphatic heterocycles. The SMILES string of the molecule is COc1ccccc1CNC(=O)Nc1ccc(NC(=O)c2ccco2)c(Cl)c1. The number of ether oxygens (including phenoxy) is 1. The molecule has 3 rings (SSSR count). The van der Waals surface area contributed by atoms with E-state index in [0.29, 0.717) is 23.7 Å². The van der Waals surface area contributed by atoms with Gasteiger partial charge in [0.1, 0.15) is 5.75 Å². The van der Waals surface area contributed by atoms with Crippen molar-refractivity contribution in [2.24, 2.45) is 0 Å². The highest BCUT2D eigenvalue weighted by molar-refractivity contribution is 6.34. The minimum atomic E-state index is -0.415. The van der Waals surface area contributed by atoms with Gasteiger partial charge in [-0.05, 0) is 36.4 Å². The smallest absolute Gasteiger partial charge is 0.319 e. The van der Waals surface area contributed by atoms with Gasteiger partial charge in [-0.3, -0.25) is 4.79 Å². The van der Waals surface area contributed by atoms with Crippen molar-refractivity contribution in [2.45, 2.75) is 6.54 Å². The van der Waals surface area contributed by atoms with Crippen molar-refractivity contribution in [3.8, 4) is 5.75 Å². The molecule has 0 unspecified atom stereocenters. The molecule has 1 aromatic heterocycles. The molecule has 0 saturated carbocycles. The Kier molecular flexibility index (Phi) is 6.18. The van der Waals surface area contributed by atoms with Gasteiger partial charge in [-0.2, -0.15) is 0 Å². The summed E-state index contributed by atoms with van der Waals surface area (Å²) in [7, 11) is 1.58. The first-order chi connectivity index (χ1) is 13.6. The minimum absolute atomic E-state index is 0.175. The summed E-state index contributed by atoms with van der Waals surface area (Å²) in [6.45, 7) is 0.306. The average molecular weight is 400 g/mol. The quantitative estimate of drug-likeness (QED) is 0.568. The molecule has 144 valence electrons. The summed E-state index contributed by atoms with van der Waals surface area (Å²) in [5, 5.41) is 8.37. The van der Waals surface area contributed by atoms with Crippen LogP contribution in [0, 0.1) is 0 Å². The maximum Gasteiger partial charge on any atom is 0.319 e. The van der Waals surface area contributed by atoms with E-state index in [0.717, 1.165) is 5.56 Å². The average Bonchev–Trinajstić information content (AvgIpc) is 3.23. The van der Waals surface area contributed by atoms with Crippen LogP contribution in [0.3, 0.4) is 0 Å². The van der Waals surface area contributed by atoms with Crippen LogP contribution in [-0.4, -0.2) is 19.0 Å². The van der Waals surface area contributed by atoms with Gasteiger partial charge in [-0.15, -0.1) is 0 Å². The number of methoxy groups -OCH3 is 1. The second-order valence-electron chi connectivity index (χ2n) is 5.75. The fraction of sp³-hybridized carbons (Fsp3) is 0.100. The lowest BCUT2D eigenvalue weighted by Crippen LogP contribution is -2.28. The monoisotopic (exact) mass is 399 g/mol. The number of furan rings is 1. The van der Waals surface area contributed by atoms with Crippen LogP contribution in [0.2, 0.25) is 5.02 Å². The molecular weight excluding hydrogens is 382 g/mol. The largest absolute Gasteiger partial charge is 0.496 e. The number of hydrogen-bond acceptors (Lipinski definition) is 4. The molecule has 0 saturated heterocycles. The molecule has 0 aliphatic carbocycles. The normalized spacial score (nSPS) is 10.2. The number of anilines is 2. The molecule has 1 heterocycles. The Morgan fingerprint density at radius 2 is 1.89 bits per heavy atom. The Balaban J connectivity index is 1.57. The summed E-state index contributed by atoms with van der Waals surface area (Å²) in [6, 6.07) is 15.0. The molecule has 28 heavy (non-hydrogen) atoms. The predicted octanol–water partition coefficient (Wildman–Crippen LogP) is 4.52. The Morgan fingerprint density at radius 1 is 1.07 bits per heavy atom. The maximum atomic E-state index is 12.1. The standard InChI is InChI=1S/C20H18ClN3O4/c1-27-17-6-3-2-5-13(17)12-22-20(26)23-14-8-9-16(15(21)11-14)24-19(25)18-7-4-10-28-18/h2-11H,12H2,1H3,(H,24,25)(H2,22,23,26). The third-order valence-corrected chi connectivity index (χ3v) is 4.16. The van der Waals surface area contributed by atoms with Gasteiger partial charge in [-0.1, -0.05) is 29.8 Å². The van der Waals surface area contributed by atoms with E-state index in [1.54, 1.807) is 37.4 Å². The van der Waals surface area contributed by atoms with Gasteiger partial charge in [0.25, 0.3) is 5.91 Å². The van der Waals surface area contributed by atoms with E-state index in [4.69, 9.17) is 20.8 Å². The van der Waals surface area contributed by atoms with Gasteiger partial charge in [0.2, 0.25) is 0 Å². The summed E-state index contributed by atoms with van der Waals surface area (Å²) in [5.74, 6) is 0.457. The molecule has 0 aliphatic rings. The van der Waals surface area contributed by atoms with Crippen molar-refractivity contribution < 1.29 is 18.7 Å². The van der Waals surface area contributed by atoms with E-state index in [1.807, 2.05) is 24.3 Å². The van der Waals surface area contributed by atoms with Crippen LogP contribution in [0.1, 0.15) is 16.1 Å². The first-order valence-electron chi connectivity index (χ1n) is 8.38. The molecule has 3 amide bonds. The fourth-order valence-electron chi connectivity index (χ4n) is 2.49. The number of urea groups is 1. The first-order valence-corrected chi connectivity index (χ1v) is 8.76. The molecule has 0 atom stereocenters. The van der Waals surface area contributed by atoms with Crippen molar-refractivity contribution in [3.05, 3.63) is 77.2 Å². The number of carbonyl (C=O) groups is 2. The highest BCUT2D eigenvalue weighted by Gasteiger charge is 2.12. The van der Waals surface area contributed by atoms with Crippen molar-refractivity contribution in [1.82, 2.24) is 5.32 Å². The highest BCUT2D eigenvalue weighted by atomic mass is 35.5. The van der Waals surface area contributed by atoms with E-state index in [-0.39, 0.29) is 10.8 Å². The minimum Gasteiger partial charge on any atom is -0.496 e. The van der Waals surface area contributed by atoms with E-state index in [1.165, 1.54) is 6.26 Å². The topological polar surface area (TPSA) is 92.6 Å². The van der Waals surface area contributed by atoms with Crippen molar-refractivity contribution in [2.75, 3.05) is 17.7 Å². The Hall–Kier alpha value is -3.45. The first kappa shape index (κ1) is 19.3. The maximum absolute atomic E-state index is 12.1. The van der Waals surface area contributed by atoms with E-state index < -0.39 is 11.9 Å². The Labute approximate surface area is 166 Å². The number of benzene rings is 2. The van der Waals surface area contributed by atoms with Crippen LogP contribution in [0.5, 0.6) is 5.75 Å². The molecule has 0 fully saturated rings. The van der Waals surface area contributed by atoms with E-state index in [2.05, 4.69) is 16.0 Å². The van der Waals surface area contributed by atoms with E-state index >= 15 is 0 Å². The summed E-state index contributed by atoms with van der Waals surface area (Å²) >= 11 is 6.20. The number of halogens is 1. The second kappa shape index (κ2) is 8.96. The number of hydrogen-bond donors (Lipinski definition) is 3. The molecule has 3 N–H and O–H groups in total. The zero-order valence-electron chi connectivity index (χ0n) is 15.0. The van der Waals surface area contributed by atoms with Gasteiger partial charge in [0.05, 0.1) is 24.1 Å². The van der Waals surface area contributed by atoms with Gasteiger partial charge < -0.3 is 25.1 Å². The molecule has 0 radical (unpaired) electrons.